The van der Waals surface area contributed by atoms with Gasteiger partial charge in [-0.2, -0.15) is 0 Å². The van der Waals surface area contributed by atoms with Gasteiger partial charge >= 0.3 is 0 Å². The van der Waals surface area contributed by atoms with Gasteiger partial charge in [-0.3, -0.25) is 14.5 Å². The molecule has 2 amide bonds. The number of hydrogen-bond donors (Lipinski definition) is 2. The third-order valence-electron chi connectivity index (χ3n) is 4.50. The third-order valence-corrected chi connectivity index (χ3v) is 5.37. The first kappa shape index (κ1) is 20.8. The molecule has 0 saturated carbocycles. The first-order chi connectivity index (χ1) is 14.1. The van der Waals surface area contributed by atoms with Crippen molar-refractivity contribution in [3.8, 4) is 11.1 Å². The van der Waals surface area contributed by atoms with E-state index in [0.717, 1.165) is 21.7 Å². The lowest BCUT2D eigenvalue weighted by Crippen LogP contribution is -2.40. The number of carbonyl (C=O) groups excluding carboxylic acids is 2. The van der Waals surface area contributed by atoms with Crippen LogP contribution in [0.4, 0.5) is 5.69 Å². The van der Waals surface area contributed by atoms with E-state index < -0.39 is 0 Å². The molecular weight excluding hydrogens is 382 g/mol. The van der Waals surface area contributed by atoms with Gasteiger partial charge in [0.05, 0.1) is 19.6 Å². The van der Waals surface area contributed by atoms with Crippen LogP contribution in [0, 0.1) is 0 Å². The zero-order valence-electron chi connectivity index (χ0n) is 16.4. The Hall–Kier alpha value is -2.96. The summed E-state index contributed by atoms with van der Waals surface area (Å²) in [5.41, 5.74) is 2.98. The first-order valence-corrected chi connectivity index (χ1v) is 10.5. The number of thiophene rings is 1. The predicted molar refractivity (Wildman–Crippen MR) is 119 cm³/mol. The van der Waals surface area contributed by atoms with Gasteiger partial charge in [0.2, 0.25) is 11.8 Å². The number of carbonyl (C=O) groups is 2. The maximum absolute atomic E-state index is 12.4. The number of hydrogen-bond acceptors (Lipinski definition) is 4. The molecule has 0 aliphatic heterocycles. The summed E-state index contributed by atoms with van der Waals surface area (Å²) in [6, 6.07) is 21.8. The van der Waals surface area contributed by atoms with Crippen LogP contribution >= 0.6 is 11.3 Å². The average molecular weight is 408 g/mol. The Morgan fingerprint density at radius 2 is 1.55 bits per heavy atom. The number of rotatable bonds is 9. The SMILES string of the molecule is CCN(CC(=O)NCc1cccs1)CC(=O)Nc1ccc(-c2ccccc2)cc1. The zero-order valence-corrected chi connectivity index (χ0v) is 17.2. The number of benzene rings is 2. The molecule has 1 aromatic heterocycles. The minimum Gasteiger partial charge on any atom is -0.350 e. The monoisotopic (exact) mass is 407 g/mol. The summed E-state index contributed by atoms with van der Waals surface area (Å²) in [6.45, 7) is 3.45. The second-order valence-electron chi connectivity index (χ2n) is 6.65. The summed E-state index contributed by atoms with van der Waals surface area (Å²) in [7, 11) is 0. The smallest absolute Gasteiger partial charge is 0.238 e. The maximum atomic E-state index is 12.4. The number of nitrogens with one attached hydrogen (secondary N) is 2. The van der Waals surface area contributed by atoms with Crippen LogP contribution in [0.1, 0.15) is 11.8 Å². The van der Waals surface area contributed by atoms with Crippen molar-refractivity contribution in [3.05, 3.63) is 77.0 Å². The summed E-state index contributed by atoms with van der Waals surface area (Å²) in [5, 5.41) is 7.78. The lowest BCUT2D eigenvalue weighted by atomic mass is 10.1. The minimum atomic E-state index is -0.134. The molecule has 0 unspecified atom stereocenters. The molecule has 150 valence electrons. The summed E-state index contributed by atoms with van der Waals surface area (Å²) in [4.78, 5) is 27.4. The van der Waals surface area contributed by atoms with E-state index in [4.69, 9.17) is 0 Å². The number of amides is 2. The van der Waals surface area contributed by atoms with Crippen LogP contribution in [-0.2, 0) is 16.1 Å². The van der Waals surface area contributed by atoms with Gasteiger partial charge in [-0.05, 0) is 41.3 Å². The highest BCUT2D eigenvalue weighted by molar-refractivity contribution is 7.09. The van der Waals surface area contributed by atoms with Crippen molar-refractivity contribution in [3.63, 3.8) is 0 Å². The molecule has 0 spiro atoms. The molecule has 3 aromatic rings. The van der Waals surface area contributed by atoms with Crippen molar-refractivity contribution in [2.24, 2.45) is 0 Å². The van der Waals surface area contributed by atoms with Gasteiger partial charge in [0, 0.05) is 10.6 Å². The van der Waals surface area contributed by atoms with E-state index in [9.17, 15) is 9.59 Å². The van der Waals surface area contributed by atoms with Gasteiger partial charge in [-0.1, -0.05) is 55.5 Å². The molecule has 2 aromatic carbocycles. The molecule has 0 fully saturated rings. The fourth-order valence-corrected chi connectivity index (χ4v) is 3.56. The molecule has 0 aliphatic carbocycles. The summed E-state index contributed by atoms with van der Waals surface area (Å²) in [5.74, 6) is -0.217. The Bertz CT molecular complexity index is 909. The molecule has 0 saturated heterocycles. The fraction of sp³-hybridized carbons (Fsp3) is 0.217. The van der Waals surface area contributed by atoms with E-state index in [1.54, 1.807) is 11.3 Å². The van der Waals surface area contributed by atoms with Crippen molar-refractivity contribution < 1.29 is 9.59 Å². The second-order valence-corrected chi connectivity index (χ2v) is 7.68. The quantitative estimate of drug-likeness (QED) is 0.564. The Morgan fingerprint density at radius 3 is 2.21 bits per heavy atom. The Morgan fingerprint density at radius 1 is 0.862 bits per heavy atom. The Balaban J connectivity index is 1.47. The van der Waals surface area contributed by atoms with Crippen LogP contribution in [0.15, 0.2) is 72.1 Å². The largest absolute Gasteiger partial charge is 0.350 e. The van der Waals surface area contributed by atoms with Gasteiger partial charge in [0.1, 0.15) is 0 Å². The van der Waals surface area contributed by atoms with E-state index in [-0.39, 0.29) is 24.9 Å². The highest BCUT2D eigenvalue weighted by Crippen LogP contribution is 2.20. The molecule has 0 radical (unpaired) electrons. The van der Waals surface area contributed by atoms with Gasteiger partial charge < -0.3 is 10.6 Å². The van der Waals surface area contributed by atoms with Gasteiger partial charge in [0.25, 0.3) is 0 Å². The highest BCUT2D eigenvalue weighted by atomic mass is 32.1. The second kappa shape index (κ2) is 10.5. The van der Waals surface area contributed by atoms with Crippen molar-refractivity contribution in [2.75, 3.05) is 25.0 Å². The lowest BCUT2D eigenvalue weighted by Gasteiger charge is -2.19. The van der Waals surface area contributed by atoms with Crippen LogP contribution < -0.4 is 10.6 Å². The molecule has 29 heavy (non-hydrogen) atoms. The molecular formula is C23H25N3O2S. The number of nitrogens with zero attached hydrogens (tertiary/aromatic N) is 1. The van der Waals surface area contributed by atoms with Crippen molar-refractivity contribution >= 4 is 28.8 Å². The van der Waals surface area contributed by atoms with E-state index in [1.165, 1.54) is 0 Å². The normalized spacial score (nSPS) is 10.7. The Labute approximate surface area is 175 Å². The summed E-state index contributed by atoms with van der Waals surface area (Å²) >= 11 is 1.61. The molecule has 5 nitrogen and oxygen atoms in total. The van der Waals surface area contributed by atoms with Crippen LogP contribution in [0.2, 0.25) is 0 Å². The number of likely N-dealkylation sites (N-methyl/N-ethyl adjacent to an activating group) is 1. The van der Waals surface area contributed by atoms with Crippen LogP contribution in [0.5, 0.6) is 0 Å². The van der Waals surface area contributed by atoms with Crippen molar-refractivity contribution in [1.82, 2.24) is 10.2 Å². The third kappa shape index (κ3) is 6.55. The standard InChI is InChI=1S/C23H25N3O2S/c1-2-26(16-22(27)24-15-21-9-6-14-29-21)17-23(28)25-20-12-10-19(11-13-20)18-7-4-3-5-8-18/h3-14H,2,15-17H2,1H3,(H,24,27)(H,25,28). The van der Waals surface area contributed by atoms with Gasteiger partial charge in [0.15, 0.2) is 0 Å². The first-order valence-electron chi connectivity index (χ1n) is 9.61. The average Bonchev–Trinajstić information content (AvgIpc) is 3.26. The zero-order chi connectivity index (χ0) is 20.5. The van der Waals surface area contributed by atoms with E-state index >= 15 is 0 Å². The fourth-order valence-electron chi connectivity index (χ4n) is 2.92. The maximum Gasteiger partial charge on any atom is 0.238 e. The van der Waals surface area contributed by atoms with E-state index in [0.29, 0.717) is 13.1 Å². The minimum absolute atomic E-state index is 0.0831. The van der Waals surface area contributed by atoms with E-state index in [2.05, 4.69) is 22.8 Å². The molecule has 0 bridgehead atoms. The molecule has 0 aliphatic rings. The predicted octanol–water partition coefficient (Wildman–Crippen LogP) is 3.99. The molecule has 2 N–H and O–H groups in total. The van der Waals surface area contributed by atoms with E-state index in [1.807, 2.05) is 71.8 Å². The summed E-state index contributed by atoms with van der Waals surface area (Å²) in [6.07, 6.45) is 0. The van der Waals surface area contributed by atoms with Gasteiger partial charge in [-0.15, -0.1) is 11.3 Å². The molecule has 1 heterocycles. The molecule has 3 rings (SSSR count). The van der Waals surface area contributed by atoms with Gasteiger partial charge in [-0.25, -0.2) is 0 Å². The van der Waals surface area contributed by atoms with Crippen LogP contribution in [0.25, 0.3) is 11.1 Å². The molecule has 6 heteroatoms. The van der Waals surface area contributed by atoms with Crippen LogP contribution in [-0.4, -0.2) is 36.3 Å². The van der Waals surface area contributed by atoms with Crippen LogP contribution in [0.3, 0.4) is 0 Å². The van der Waals surface area contributed by atoms with Crippen molar-refractivity contribution in [1.29, 1.82) is 0 Å². The Kier molecular flexibility index (Phi) is 7.55. The lowest BCUT2D eigenvalue weighted by molar-refractivity contribution is -0.123. The highest BCUT2D eigenvalue weighted by Gasteiger charge is 2.13. The topological polar surface area (TPSA) is 61.4 Å². The molecule has 0 atom stereocenters. The van der Waals surface area contributed by atoms with Crippen molar-refractivity contribution in [2.45, 2.75) is 13.5 Å². The number of anilines is 1. The summed E-state index contributed by atoms with van der Waals surface area (Å²) < 4.78 is 0.